The third kappa shape index (κ3) is 11.2. The van der Waals surface area contributed by atoms with Gasteiger partial charge in [0.25, 0.3) is 0 Å². The first-order valence-corrected chi connectivity index (χ1v) is 9.60. The Kier molecular flexibility index (Phi) is 9.38. The summed E-state index contributed by atoms with van der Waals surface area (Å²) in [5.41, 5.74) is 0. The first-order chi connectivity index (χ1) is 8.73. The Morgan fingerprint density at radius 2 is 1.42 bits per heavy atom. The van der Waals surface area contributed by atoms with Gasteiger partial charge in [-0.3, -0.25) is 0 Å². The molecule has 0 fully saturated rings. The van der Waals surface area contributed by atoms with Crippen molar-refractivity contribution in [3.63, 3.8) is 0 Å². The van der Waals surface area contributed by atoms with Crippen LogP contribution in [0.1, 0.15) is 27.7 Å². The molecule has 0 heterocycles. The zero-order valence-electron chi connectivity index (χ0n) is 12.2. The fourth-order valence-corrected chi connectivity index (χ4v) is 3.37. The minimum Gasteiger partial charge on any atom is -0.744 e. The van der Waals surface area contributed by atoms with Crippen molar-refractivity contribution in [2.75, 3.05) is 0 Å². The van der Waals surface area contributed by atoms with Crippen LogP contribution in [0.5, 0.6) is 0 Å². The van der Waals surface area contributed by atoms with E-state index in [-0.39, 0.29) is 4.90 Å². The van der Waals surface area contributed by atoms with Crippen LogP contribution in [0.2, 0.25) is 10.6 Å². The molecule has 106 valence electrons. The molecular formula is C14H23AlO3S. The van der Waals surface area contributed by atoms with Gasteiger partial charge in [-0.25, -0.2) is 8.42 Å². The summed E-state index contributed by atoms with van der Waals surface area (Å²) in [6.45, 7) is 9.25. The molecule has 1 aromatic rings. The second kappa shape index (κ2) is 9.55. The van der Waals surface area contributed by atoms with E-state index < -0.39 is 10.1 Å². The molecular weight excluding hydrogens is 275 g/mol. The largest absolute Gasteiger partial charge is 0.744 e. The van der Waals surface area contributed by atoms with Crippen LogP contribution in [-0.4, -0.2) is 28.2 Å². The van der Waals surface area contributed by atoms with E-state index in [2.05, 4.69) is 27.7 Å². The van der Waals surface area contributed by atoms with Crippen molar-refractivity contribution in [1.82, 2.24) is 0 Å². The molecule has 0 amide bonds. The molecule has 3 nitrogen and oxygen atoms in total. The number of rotatable bonds is 5. The fourth-order valence-electron chi connectivity index (χ4n) is 1.35. The molecule has 0 N–H and O–H groups in total. The summed E-state index contributed by atoms with van der Waals surface area (Å²) >= 11 is 0.755. The van der Waals surface area contributed by atoms with E-state index in [4.69, 9.17) is 0 Å². The summed E-state index contributed by atoms with van der Waals surface area (Å²) < 4.78 is 30.8. The molecule has 1 aromatic carbocycles. The number of hydrogen-bond acceptors (Lipinski definition) is 3. The third-order valence-corrected chi connectivity index (χ3v) is 5.71. The minimum absolute atomic E-state index is 0.185. The van der Waals surface area contributed by atoms with Gasteiger partial charge in [-0.2, -0.15) is 0 Å². The quantitative estimate of drug-likeness (QED) is 0.618. The van der Waals surface area contributed by atoms with E-state index in [1.165, 1.54) is 34.8 Å². The minimum atomic E-state index is -4.25. The first-order valence-electron chi connectivity index (χ1n) is 6.56. The zero-order chi connectivity index (χ0) is 14.9. The fraction of sp³-hybridized carbons (Fsp3) is 0.571. The van der Waals surface area contributed by atoms with E-state index in [0.29, 0.717) is 0 Å². The summed E-state index contributed by atoms with van der Waals surface area (Å²) in [5, 5.41) is 2.97. The summed E-state index contributed by atoms with van der Waals surface area (Å²) in [5.74, 6) is 1.86. The molecule has 0 atom stereocenters. The van der Waals surface area contributed by atoms with Gasteiger partial charge >= 0.3 is 65.3 Å². The molecule has 0 saturated heterocycles. The van der Waals surface area contributed by atoms with Gasteiger partial charge in [0.2, 0.25) is 0 Å². The average Bonchev–Trinajstić information content (AvgIpc) is 2.29. The van der Waals surface area contributed by atoms with E-state index >= 15 is 0 Å². The van der Waals surface area contributed by atoms with Crippen molar-refractivity contribution in [2.24, 2.45) is 11.8 Å². The normalized spacial score (nSPS) is 10.9. The Morgan fingerprint density at radius 1 is 1.00 bits per heavy atom. The SMILES string of the molecule is CC(C)[CH2][Al+][CH2]C(C)C.O=S(=O)([O-])c1ccccc1. The number of hydrogen-bond donors (Lipinski definition) is 0. The van der Waals surface area contributed by atoms with Gasteiger partial charge in [0.15, 0.2) is 0 Å². The molecule has 0 aliphatic heterocycles. The van der Waals surface area contributed by atoms with Gasteiger partial charge in [-0.15, -0.1) is 0 Å². The number of benzene rings is 1. The van der Waals surface area contributed by atoms with E-state index in [9.17, 15) is 13.0 Å². The van der Waals surface area contributed by atoms with Gasteiger partial charge < -0.3 is 4.55 Å². The average molecular weight is 298 g/mol. The first kappa shape index (κ1) is 18.7. The van der Waals surface area contributed by atoms with Crippen LogP contribution in [0.4, 0.5) is 0 Å². The van der Waals surface area contributed by atoms with Crippen LogP contribution < -0.4 is 0 Å². The molecule has 0 aromatic heterocycles. The Morgan fingerprint density at radius 3 is 1.68 bits per heavy atom. The van der Waals surface area contributed by atoms with Crippen LogP contribution in [0.3, 0.4) is 0 Å². The molecule has 5 heteroatoms. The Bertz CT molecular complexity index is 419. The van der Waals surface area contributed by atoms with Crippen LogP contribution >= 0.6 is 0 Å². The second-order valence-electron chi connectivity index (χ2n) is 5.31. The summed E-state index contributed by atoms with van der Waals surface area (Å²) in [7, 11) is -4.25. The van der Waals surface area contributed by atoms with Gasteiger partial charge in [0.1, 0.15) is 10.1 Å². The van der Waals surface area contributed by atoms with Crippen molar-refractivity contribution >= 4 is 25.3 Å². The molecule has 1 rings (SSSR count). The molecule has 0 unspecified atom stereocenters. The Labute approximate surface area is 123 Å². The Hall–Kier alpha value is -0.338. The van der Waals surface area contributed by atoms with E-state index in [0.717, 1.165) is 27.1 Å². The van der Waals surface area contributed by atoms with Crippen LogP contribution in [-0.2, 0) is 10.1 Å². The predicted octanol–water partition coefficient (Wildman–Crippen LogP) is 3.43. The van der Waals surface area contributed by atoms with E-state index in [1.54, 1.807) is 6.07 Å². The van der Waals surface area contributed by atoms with Gasteiger partial charge in [-0.05, 0) is 12.1 Å². The standard InChI is InChI=1S/C6H6O3S.2C4H9.Al/c7-10(8,9)6-4-2-1-3-5-6;2*1-4(2)3;/h1-5H,(H,7,8,9);2*4H,1H2,2-3H3;/q;;;+1/p-1. The molecule has 0 aliphatic carbocycles. The van der Waals surface area contributed by atoms with Crippen molar-refractivity contribution in [3.05, 3.63) is 30.3 Å². The monoisotopic (exact) mass is 298 g/mol. The molecule has 0 spiro atoms. The van der Waals surface area contributed by atoms with Crippen molar-refractivity contribution < 1.29 is 13.0 Å². The van der Waals surface area contributed by atoms with E-state index in [1.807, 2.05) is 0 Å². The van der Waals surface area contributed by atoms with Crippen molar-refractivity contribution in [2.45, 2.75) is 43.2 Å². The maximum absolute atomic E-state index is 10.3. The second-order valence-corrected chi connectivity index (χ2v) is 8.21. The summed E-state index contributed by atoms with van der Waals surface area (Å²) in [4.78, 5) is -0.185. The Balaban J connectivity index is 0.000000344. The molecule has 19 heavy (non-hydrogen) atoms. The molecule has 0 aliphatic rings. The van der Waals surface area contributed by atoms with Crippen LogP contribution in [0.15, 0.2) is 35.2 Å². The maximum Gasteiger partial charge on any atom is 0.124 e. The van der Waals surface area contributed by atoms with Gasteiger partial charge in [-0.1, -0.05) is 18.2 Å². The van der Waals surface area contributed by atoms with Crippen LogP contribution in [0, 0.1) is 11.8 Å². The summed E-state index contributed by atoms with van der Waals surface area (Å²) in [6, 6.07) is 7.19. The summed E-state index contributed by atoms with van der Waals surface area (Å²) in [6.07, 6.45) is 0. The maximum atomic E-state index is 10.3. The van der Waals surface area contributed by atoms with Crippen LogP contribution in [0.25, 0.3) is 0 Å². The van der Waals surface area contributed by atoms with Crippen molar-refractivity contribution in [3.8, 4) is 0 Å². The van der Waals surface area contributed by atoms with Crippen molar-refractivity contribution in [1.29, 1.82) is 0 Å². The smallest absolute Gasteiger partial charge is 0.124 e. The molecule has 0 saturated carbocycles. The zero-order valence-corrected chi connectivity index (χ0v) is 14.1. The third-order valence-electron chi connectivity index (χ3n) is 2.31. The van der Waals surface area contributed by atoms with Gasteiger partial charge in [0, 0.05) is 0 Å². The predicted molar refractivity (Wildman–Crippen MR) is 79.4 cm³/mol. The topological polar surface area (TPSA) is 57.2 Å². The molecule has 0 bridgehead atoms. The molecule has 0 radical (unpaired) electrons. The van der Waals surface area contributed by atoms with Gasteiger partial charge in [0.05, 0.1) is 4.90 Å².